The molecular weight excluding hydrogens is 255 g/mol. The van der Waals surface area contributed by atoms with Crippen molar-refractivity contribution < 1.29 is 13.2 Å². The van der Waals surface area contributed by atoms with Crippen molar-refractivity contribution in [1.29, 1.82) is 5.41 Å². The van der Waals surface area contributed by atoms with Crippen molar-refractivity contribution in [3.05, 3.63) is 59.9 Å². The van der Waals surface area contributed by atoms with Crippen molar-refractivity contribution in [2.75, 3.05) is 5.32 Å². The van der Waals surface area contributed by atoms with E-state index in [4.69, 9.17) is 5.41 Å². The number of amidine groups is 1. The van der Waals surface area contributed by atoms with Gasteiger partial charge in [0.25, 0.3) is 0 Å². The summed E-state index contributed by atoms with van der Waals surface area (Å²) >= 11 is 0. The van der Waals surface area contributed by atoms with E-state index < -0.39 is 11.7 Å². The highest BCUT2D eigenvalue weighted by Crippen LogP contribution is 2.30. The van der Waals surface area contributed by atoms with Gasteiger partial charge in [-0.2, -0.15) is 13.2 Å². The smallest absolute Gasteiger partial charge is 0.340 e. The zero-order valence-electron chi connectivity index (χ0n) is 9.70. The van der Waals surface area contributed by atoms with Crippen molar-refractivity contribution in [3.8, 4) is 0 Å². The summed E-state index contributed by atoms with van der Waals surface area (Å²) in [6, 6.07) is 8.01. The molecule has 0 unspecified atom stereocenters. The second kappa shape index (κ2) is 5.09. The van der Waals surface area contributed by atoms with E-state index in [9.17, 15) is 13.2 Å². The molecule has 19 heavy (non-hydrogen) atoms. The quantitative estimate of drug-likeness (QED) is 0.644. The average Bonchev–Trinajstić information content (AvgIpc) is 2.39. The number of pyridine rings is 1. The van der Waals surface area contributed by atoms with Gasteiger partial charge in [0.2, 0.25) is 0 Å². The molecule has 0 saturated heterocycles. The number of nitrogens with one attached hydrogen (secondary N) is 2. The minimum Gasteiger partial charge on any atom is -0.340 e. The van der Waals surface area contributed by atoms with Gasteiger partial charge in [-0.05, 0) is 30.3 Å². The predicted octanol–water partition coefficient (Wildman–Crippen LogP) is 3.54. The van der Waals surface area contributed by atoms with Crippen LogP contribution in [0.3, 0.4) is 0 Å². The Bertz CT molecular complexity index is 579. The van der Waals surface area contributed by atoms with Crippen LogP contribution in [0.1, 0.15) is 11.1 Å². The molecule has 2 rings (SSSR count). The summed E-state index contributed by atoms with van der Waals surface area (Å²) in [4.78, 5) is 3.84. The zero-order chi connectivity index (χ0) is 13.9. The van der Waals surface area contributed by atoms with Crippen LogP contribution in [0.15, 0.2) is 48.8 Å². The lowest BCUT2D eigenvalue weighted by Gasteiger charge is -2.11. The first-order valence-corrected chi connectivity index (χ1v) is 5.40. The largest absolute Gasteiger partial charge is 0.416 e. The molecule has 0 saturated carbocycles. The Kier molecular flexibility index (Phi) is 3.50. The first kappa shape index (κ1) is 13.1. The van der Waals surface area contributed by atoms with E-state index in [1.54, 1.807) is 18.3 Å². The molecule has 0 aliphatic carbocycles. The third kappa shape index (κ3) is 3.31. The van der Waals surface area contributed by atoms with E-state index in [0.717, 1.165) is 12.1 Å². The summed E-state index contributed by atoms with van der Waals surface area (Å²) in [7, 11) is 0. The topological polar surface area (TPSA) is 48.8 Å². The lowest BCUT2D eigenvalue weighted by Crippen LogP contribution is -2.13. The van der Waals surface area contributed by atoms with Crippen LogP contribution in [0.2, 0.25) is 0 Å². The number of nitrogens with zero attached hydrogens (tertiary/aromatic N) is 1. The summed E-state index contributed by atoms with van der Waals surface area (Å²) in [5, 5.41) is 10.4. The predicted molar refractivity (Wildman–Crippen MR) is 66.1 cm³/mol. The molecule has 0 aliphatic rings. The number of hydrogen-bond donors (Lipinski definition) is 2. The molecule has 0 radical (unpaired) electrons. The standard InChI is InChI=1S/C13H10F3N3/c14-13(15,16)10-4-1-5-11(7-10)19-12(17)9-3-2-6-18-8-9/h1-8H,(H2,17,19). The molecule has 0 atom stereocenters. The van der Waals surface area contributed by atoms with Crippen LogP contribution in [0.4, 0.5) is 18.9 Å². The number of rotatable bonds is 2. The molecule has 0 spiro atoms. The van der Waals surface area contributed by atoms with E-state index in [1.165, 1.54) is 18.3 Å². The highest BCUT2D eigenvalue weighted by Gasteiger charge is 2.30. The van der Waals surface area contributed by atoms with Gasteiger partial charge in [0.15, 0.2) is 0 Å². The molecular formula is C13H10F3N3. The first-order chi connectivity index (χ1) is 8.97. The zero-order valence-corrected chi connectivity index (χ0v) is 9.70. The van der Waals surface area contributed by atoms with Crippen LogP contribution in [-0.4, -0.2) is 10.8 Å². The van der Waals surface area contributed by atoms with Crippen LogP contribution in [0.25, 0.3) is 0 Å². The van der Waals surface area contributed by atoms with Gasteiger partial charge in [0.1, 0.15) is 5.84 Å². The summed E-state index contributed by atoms with van der Waals surface area (Å²) in [6.07, 6.45) is -1.38. The minimum atomic E-state index is -4.39. The van der Waals surface area contributed by atoms with Gasteiger partial charge < -0.3 is 5.32 Å². The maximum Gasteiger partial charge on any atom is 0.416 e. The number of anilines is 1. The van der Waals surface area contributed by atoms with Gasteiger partial charge in [0.05, 0.1) is 5.56 Å². The van der Waals surface area contributed by atoms with Gasteiger partial charge in [-0.15, -0.1) is 0 Å². The van der Waals surface area contributed by atoms with Crippen molar-refractivity contribution in [3.63, 3.8) is 0 Å². The van der Waals surface area contributed by atoms with Crippen LogP contribution >= 0.6 is 0 Å². The van der Waals surface area contributed by atoms with Gasteiger partial charge in [-0.25, -0.2) is 0 Å². The molecule has 0 bridgehead atoms. The number of benzene rings is 1. The number of aromatic nitrogens is 1. The van der Waals surface area contributed by atoms with E-state index >= 15 is 0 Å². The lowest BCUT2D eigenvalue weighted by molar-refractivity contribution is -0.137. The number of hydrogen-bond acceptors (Lipinski definition) is 2. The number of alkyl halides is 3. The van der Waals surface area contributed by atoms with E-state index in [1.807, 2.05) is 0 Å². The molecule has 0 fully saturated rings. The molecule has 6 heteroatoms. The summed E-state index contributed by atoms with van der Waals surface area (Å²) in [6.45, 7) is 0. The van der Waals surface area contributed by atoms with E-state index in [2.05, 4.69) is 10.3 Å². The normalized spacial score (nSPS) is 11.1. The maximum atomic E-state index is 12.5. The first-order valence-electron chi connectivity index (χ1n) is 5.40. The van der Waals surface area contributed by atoms with Crippen molar-refractivity contribution in [1.82, 2.24) is 4.98 Å². The highest BCUT2D eigenvalue weighted by molar-refractivity contribution is 6.05. The maximum absolute atomic E-state index is 12.5. The van der Waals surface area contributed by atoms with Crippen molar-refractivity contribution in [2.24, 2.45) is 0 Å². The van der Waals surface area contributed by atoms with Crippen molar-refractivity contribution >= 4 is 11.5 Å². The second-order valence-electron chi connectivity index (χ2n) is 3.82. The van der Waals surface area contributed by atoms with Gasteiger partial charge in [0, 0.05) is 23.6 Å². The van der Waals surface area contributed by atoms with Gasteiger partial charge >= 0.3 is 6.18 Å². The monoisotopic (exact) mass is 265 g/mol. The second-order valence-corrected chi connectivity index (χ2v) is 3.82. The SMILES string of the molecule is N=C(Nc1cccc(C(F)(F)F)c1)c1cccnc1. The Labute approximate surface area is 107 Å². The number of halogens is 3. The average molecular weight is 265 g/mol. The molecule has 1 heterocycles. The van der Waals surface area contributed by atoms with E-state index in [-0.39, 0.29) is 11.5 Å². The Morgan fingerprint density at radius 3 is 2.58 bits per heavy atom. The molecule has 1 aromatic heterocycles. The van der Waals surface area contributed by atoms with Crippen molar-refractivity contribution in [2.45, 2.75) is 6.18 Å². The van der Waals surface area contributed by atoms with Gasteiger partial charge in [-0.3, -0.25) is 10.4 Å². The third-order valence-corrected chi connectivity index (χ3v) is 2.41. The fraction of sp³-hybridized carbons (Fsp3) is 0.0769. The fourth-order valence-corrected chi connectivity index (χ4v) is 1.50. The van der Waals surface area contributed by atoms with Crippen LogP contribution in [-0.2, 0) is 6.18 Å². The summed E-state index contributed by atoms with van der Waals surface area (Å²) in [5.74, 6) is -0.00701. The third-order valence-electron chi connectivity index (χ3n) is 2.41. The highest BCUT2D eigenvalue weighted by atomic mass is 19.4. The molecule has 98 valence electrons. The van der Waals surface area contributed by atoms with Crippen LogP contribution in [0, 0.1) is 5.41 Å². The summed E-state index contributed by atoms with van der Waals surface area (Å²) in [5.41, 5.74) is -0.0416. The fourth-order valence-electron chi connectivity index (χ4n) is 1.50. The molecule has 0 aliphatic heterocycles. The Morgan fingerprint density at radius 1 is 1.16 bits per heavy atom. The Morgan fingerprint density at radius 2 is 1.95 bits per heavy atom. The molecule has 1 aromatic carbocycles. The van der Waals surface area contributed by atoms with Gasteiger partial charge in [-0.1, -0.05) is 6.07 Å². The summed E-state index contributed by atoms with van der Waals surface area (Å²) < 4.78 is 37.6. The molecule has 2 N–H and O–H groups in total. The Balaban J connectivity index is 2.18. The van der Waals surface area contributed by atoms with Crippen LogP contribution in [0.5, 0.6) is 0 Å². The van der Waals surface area contributed by atoms with Crippen LogP contribution < -0.4 is 5.32 Å². The van der Waals surface area contributed by atoms with E-state index in [0.29, 0.717) is 5.56 Å². The molecule has 3 nitrogen and oxygen atoms in total. The molecule has 2 aromatic rings. The Hall–Kier alpha value is -2.37. The minimum absolute atomic E-state index is 0.00701. The molecule has 0 amide bonds. The lowest BCUT2D eigenvalue weighted by atomic mass is 10.2.